The van der Waals surface area contributed by atoms with Gasteiger partial charge in [-0.1, -0.05) is 19.3 Å². The molecule has 0 spiro atoms. The molecule has 0 aliphatic heterocycles. The zero-order chi connectivity index (χ0) is 12.8. The van der Waals surface area contributed by atoms with E-state index in [2.05, 4.69) is 21.2 Å². The highest BCUT2D eigenvalue weighted by atomic mass is 79.9. The molecule has 0 bridgehead atoms. The zero-order valence-corrected chi connectivity index (χ0v) is 12.3. The summed E-state index contributed by atoms with van der Waals surface area (Å²) >= 11 is 3.27. The molecule has 0 amide bonds. The summed E-state index contributed by atoms with van der Waals surface area (Å²) in [6, 6.07) is 4.40. The third-order valence-electron chi connectivity index (χ3n) is 3.59. The van der Waals surface area contributed by atoms with Crippen molar-refractivity contribution in [2.45, 2.75) is 51.1 Å². The largest absolute Gasteiger partial charge is 0.315 e. The first-order valence-electron chi connectivity index (χ1n) is 6.86. The minimum absolute atomic E-state index is 0.0650. The zero-order valence-electron chi connectivity index (χ0n) is 10.7. The average Bonchev–Trinajstić information content (AvgIpc) is 2.40. The summed E-state index contributed by atoms with van der Waals surface area (Å²) < 4.78 is 2.41. The molecule has 2 rings (SSSR count). The summed E-state index contributed by atoms with van der Waals surface area (Å²) in [5, 5.41) is 3.60. The lowest BCUT2D eigenvalue weighted by molar-refractivity contribution is 0.368. The van der Waals surface area contributed by atoms with Gasteiger partial charge in [-0.15, -0.1) is 0 Å². The monoisotopic (exact) mass is 312 g/mol. The van der Waals surface area contributed by atoms with Crippen LogP contribution < -0.4 is 10.9 Å². The Bertz CT molecular complexity index is 424. The lowest BCUT2D eigenvalue weighted by atomic mass is 9.95. The van der Waals surface area contributed by atoms with E-state index in [1.165, 1.54) is 32.1 Å². The van der Waals surface area contributed by atoms with Crippen LogP contribution in [0.2, 0.25) is 0 Å². The van der Waals surface area contributed by atoms with Crippen LogP contribution in [0.1, 0.15) is 38.5 Å². The molecule has 0 atom stereocenters. The molecule has 1 N–H and O–H groups in total. The second-order valence-electron chi connectivity index (χ2n) is 5.00. The van der Waals surface area contributed by atoms with Crippen molar-refractivity contribution in [2.75, 3.05) is 6.54 Å². The van der Waals surface area contributed by atoms with Gasteiger partial charge in [-0.3, -0.25) is 4.79 Å². The molecule has 0 unspecified atom stereocenters. The van der Waals surface area contributed by atoms with E-state index in [4.69, 9.17) is 0 Å². The summed E-state index contributed by atoms with van der Waals surface area (Å²) in [6.45, 7) is 1.79. The Morgan fingerprint density at radius 3 is 2.89 bits per heavy atom. The predicted octanol–water partition coefficient (Wildman–Crippen LogP) is 2.92. The van der Waals surface area contributed by atoms with Gasteiger partial charge in [0.25, 0.3) is 5.56 Å². The number of halogens is 1. The Labute approximate surface area is 117 Å². The summed E-state index contributed by atoms with van der Waals surface area (Å²) in [4.78, 5) is 11.8. The van der Waals surface area contributed by atoms with Gasteiger partial charge in [-0.2, -0.15) is 0 Å². The summed E-state index contributed by atoms with van der Waals surface area (Å²) in [5.41, 5.74) is 0.0650. The van der Waals surface area contributed by atoms with Crippen molar-refractivity contribution in [1.82, 2.24) is 9.88 Å². The topological polar surface area (TPSA) is 34.0 Å². The summed E-state index contributed by atoms with van der Waals surface area (Å²) in [6.07, 6.45) is 9.62. The Kier molecular flexibility index (Phi) is 5.45. The highest BCUT2D eigenvalue weighted by Crippen LogP contribution is 2.17. The van der Waals surface area contributed by atoms with E-state index >= 15 is 0 Å². The van der Waals surface area contributed by atoms with E-state index in [0.29, 0.717) is 10.5 Å². The molecular weight excluding hydrogens is 292 g/mol. The van der Waals surface area contributed by atoms with Gasteiger partial charge in [-0.05, 0) is 53.9 Å². The van der Waals surface area contributed by atoms with Crippen molar-refractivity contribution in [3.8, 4) is 0 Å². The Morgan fingerprint density at radius 2 is 2.11 bits per heavy atom. The molecule has 0 radical (unpaired) electrons. The summed E-state index contributed by atoms with van der Waals surface area (Å²) in [5.74, 6) is 0. The molecule has 3 nitrogen and oxygen atoms in total. The minimum Gasteiger partial charge on any atom is -0.315 e. The van der Waals surface area contributed by atoms with Gasteiger partial charge in [0.05, 0.1) is 4.47 Å². The second-order valence-corrected chi connectivity index (χ2v) is 5.85. The lowest BCUT2D eigenvalue weighted by Crippen LogP contribution is -2.32. The maximum Gasteiger partial charge on any atom is 0.264 e. The molecule has 1 aromatic heterocycles. The Hall–Kier alpha value is -0.610. The summed E-state index contributed by atoms with van der Waals surface area (Å²) in [7, 11) is 0. The van der Waals surface area contributed by atoms with Crippen LogP contribution in [0.15, 0.2) is 27.6 Å². The highest BCUT2D eigenvalue weighted by molar-refractivity contribution is 9.10. The molecule has 0 aromatic carbocycles. The van der Waals surface area contributed by atoms with Crippen molar-refractivity contribution >= 4 is 15.9 Å². The van der Waals surface area contributed by atoms with Crippen LogP contribution in [0.25, 0.3) is 0 Å². The van der Waals surface area contributed by atoms with Crippen molar-refractivity contribution < 1.29 is 0 Å². The number of hydrogen-bond donors (Lipinski definition) is 1. The van der Waals surface area contributed by atoms with Gasteiger partial charge in [0.2, 0.25) is 0 Å². The third-order valence-corrected chi connectivity index (χ3v) is 4.19. The van der Waals surface area contributed by atoms with Crippen molar-refractivity contribution in [2.24, 2.45) is 0 Å². The first kappa shape index (κ1) is 13.8. The number of nitrogens with zero attached hydrogens (tertiary/aromatic N) is 1. The predicted molar refractivity (Wildman–Crippen MR) is 77.9 cm³/mol. The normalized spacial score (nSPS) is 16.9. The second kappa shape index (κ2) is 7.10. The first-order chi connectivity index (χ1) is 8.77. The van der Waals surface area contributed by atoms with Gasteiger partial charge < -0.3 is 9.88 Å². The molecule has 1 heterocycles. The fourth-order valence-corrected chi connectivity index (χ4v) is 2.93. The van der Waals surface area contributed by atoms with Crippen molar-refractivity contribution in [3.63, 3.8) is 0 Å². The van der Waals surface area contributed by atoms with Gasteiger partial charge in [-0.25, -0.2) is 0 Å². The van der Waals surface area contributed by atoms with Crippen LogP contribution >= 0.6 is 15.9 Å². The molecule has 1 saturated carbocycles. The van der Waals surface area contributed by atoms with Crippen LogP contribution in [0.4, 0.5) is 0 Å². The van der Waals surface area contributed by atoms with Gasteiger partial charge in [0.1, 0.15) is 0 Å². The smallest absolute Gasteiger partial charge is 0.264 e. The molecule has 1 aliphatic carbocycles. The minimum atomic E-state index is 0.0650. The quantitative estimate of drug-likeness (QED) is 0.848. The van der Waals surface area contributed by atoms with Gasteiger partial charge >= 0.3 is 0 Å². The maximum atomic E-state index is 11.8. The molecule has 1 aliphatic rings. The molecule has 4 heteroatoms. The Morgan fingerprint density at radius 1 is 1.33 bits per heavy atom. The Balaban J connectivity index is 1.71. The van der Waals surface area contributed by atoms with E-state index in [1.54, 1.807) is 10.6 Å². The molecule has 1 aromatic rings. The van der Waals surface area contributed by atoms with Crippen molar-refractivity contribution in [3.05, 3.63) is 33.2 Å². The fourth-order valence-electron chi connectivity index (χ4n) is 2.55. The fraction of sp³-hybridized carbons (Fsp3) is 0.643. The van der Waals surface area contributed by atoms with Crippen LogP contribution in [0.3, 0.4) is 0 Å². The number of aryl methyl sites for hydroxylation is 1. The number of nitrogens with one attached hydrogen (secondary N) is 1. The average molecular weight is 313 g/mol. The highest BCUT2D eigenvalue weighted by Gasteiger charge is 2.11. The van der Waals surface area contributed by atoms with E-state index in [-0.39, 0.29) is 5.56 Å². The van der Waals surface area contributed by atoms with Crippen LogP contribution in [-0.4, -0.2) is 17.2 Å². The van der Waals surface area contributed by atoms with Gasteiger partial charge in [0, 0.05) is 18.8 Å². The SMILES string of the molecule is O=c1c(Br)cccn1CCCNC1CCCCC1. The van der Waals surface area contributed by atoms with Crippen LogP contribution in [-0.2, 0) is 6.54 Å². The molecular formula is C14H21BrN2O. The third kappa shape index (κ3) is 3.95. The first-order valence-corrected chi connectivity index (χ1v) is 7.65. The van der Waals surface area contributed by atoms with E-state index in [1.807, 2.05) is 12.3 Å². The van der Waals surface area contributed by atoms with E-state index in [9.17, 15) is 4.79 Å². The van der Waals surface area contributed by atoms with Crippen molar-refractivity contribution in [1.29, 1.82) is 0 Å². The van der Waals surface area contributed by atoms with E-state index < -0.39 is 0 Å². The standard InChI is InChI=1S/C14H21BrN2O/c15-13-8-4-10-17(14(13)18)11-5-9-16-12-6-2-1-3-7-12/h4,8,10,12,16H,1-3,5-7,9,11H2. The lowest BCUT2D eigenvalue weighted by Gasteiger charge is -2.22. The van der Waals surface area contributed by atoms with Crippen LogP contribution in [0, 0.1) is 0 Å². The maximum absolute atomic E-state index is 11.8. The molecule has 18 heavy (non-hydrogen) atoms. The van der Waals surface area contributed by atoms with Crippen LogP contribution in [0.5, 0.6) is 0 Å². The molecule has 1 fully saturated rings. The molecule has 0 saturated heterocycles. The van der Waals surface area contributed by atoms with Gasteiger partial charge in [0.15, 0.2) is 0 Å². The number of aromatic nitrogens is 1. The number of pyridine rings is 1. The van der Waals surface area contributed by atoms with E-state index in [0.717, 1.165) is 19.5 Å². The number of hydrogen-bond acceptors (Lipinski definition) is 2. The molecule has 100 valence electrons. The number of rotatable bonds is 5.